The maximum atomic E-state index is 12.2. The van der Waals surface area contributed by atoms with Crippen LogP contribution in [0.3, 0.4) is 0 Å². The molecule has 1 aliphatic heterocycles. The molecule has 2 heterocycles. The number of carboxylic acids is 1. The molecule has 1 aromatic heterocycles. The van der Waals surface area contributed by atoms with E-state index in [1.54, 1.807) is 24.3 Å². The second-order valence-corrected chi connectivity index (χ2v) is 5.81. The molecule has 24 heavy (non-hydrogen) atoms. The summed E-state index contributed by atoms with van der Waals surface area (Å²) in [5.74, 6) is -2.49. The molecule has 8 nitrogen and oxygen atoms in total. The van der Waals surface area contributed by atoms with Crippen LogP contribution in [0.4, 0.5) is 5.13 Å². The molecule has 0 spiro atoms. The van der Waals surface area contributed by atoms with Crippen molar-refractivity contribution in [3.63, 3.8) is 0 Å². The number of rotatable bonds is 5. The van der Waals surface area contributed by atoms with E-state index in [1.165, 1.54) is 5.38 Å². The van der Waals surface area contributed by atoms with Crippen molar-refractivity contribution in [3.8, 4) is 0 Å². The first kappa shape index (κ1) is 15.8. The van der Waals surface area contributed by atoms with Gasteiger partial charge in [0.15, 0.2) is 10.8 Å². The molecule has 0 atom stereocenters. The van der Waals surface area contributed by atoms with Crippen molar-refractivity contribution in [3.05, 3.63) is 46.5 Å². The SMILES string of the molecule is O=C(CCN1C(=O)c2ccccc2C1=O)Nc1nc(C(=O)O)cs1. The number of fused-ring (bicyclic) bond motifs is 1. The number of amides is 3. The third-order valence-corrected chi connectivity index (χ3v) is 4.17. The van der Waals surface area contributed by atoms with Crippen molar-refractivity contribution in [2.75, 3.05) is 11.9 Å². The lowest BCUT2D eigenvalue weighted by Gasteiger charge is -2.12. The smallest absolute Gasteiger partial charge is 0.355 e. The lowest BCUT2D eigenvalue weighted by molar-refractivity contribution is -0.116. The minimum absolute atomic E-state index is 0.0602. The molecule has 3 rings (SSSR count). The van der Waals surface area contributed by atoms with Crippen LogP contribution in [0, 0.1) is 0 Å². The van der Waals surface area contributed by atoms with Crippen LogP contribution >= 0.6 is 11.3 Å². The molecule has 0 fully saturated rings. The van der Waals surface area contributed by atoms with Crippen molar-refractivity contribution >= 4 is 40.2 Å². The summed E-state index contributed by atoms with van der Waals surface area (Å²) < 4.78 is 0. The number of anilines is 1. The van der Waals surface area contributed by atoms with Crippen LogP contribution in [0.2, 0.25) is 0 Å². The molecule has 2 aromatic rings. The standard InChI is InChI=1S/C15H11N3O5S/c19-11(17-15-16-10(7-24-15)14(22)23)5-6-18-12(20)8-3-1-2-4-9(8)13(18)21/h1-4,7H,5-6H2,(H,22,23)(H,16,17,19). The van der Waals surface area contributed by atoms with E-state index >= 15 is 0 Å². The van der Waals surface area contributed by atoms with Gasteiger partial charge < -0.3 is 10.4 Å². The average molecular weight is 345 g/mol. The molecule has 0 bridgehead atoms. The molecule has 122 valence electrons. The number of aromatic nitrogens is 1. The van der Waals surface area contributed by atoms with Crippen molar-refractivity contribution in [2.45, 2.75) is 6.42 Å². The molecule has 0 radical (unpaired) electrons. The van der Waals surface area contributed by atoms with Gasteiger partial charge in [-0.05, 0) is 12.1 Å². The predicted octanol–water partition coefficient (Wildman–Crippen LogP) is 1.47. The van der Waals surface area contributed by atoms with E-state index in [2.05, 4.69) is 10.3 Å². The average Bonchev–Trinajstić information content (AvgIpc) is 3.11. The molecule has 2 N–H and O–H groups in total. The second kappa shape index (κ2) is 6.20. The third-order valence-electron chi connectivity index (χ3n) is 3.41. The van der Waals surface area contributed by atoms with Crippen LogP contribution in [0.1, 0.15) is 37.6 Å². The molecule has 1 aromatic carbocycles. The van der Waals surface area contributed by atoms with Gasteiger partial charge >= 0.3 is 5.97 Å². The van der Waals surface area contributed by atoms with Gasteiger partial charge in [-0.15, -0.1) is 11.3 Å². The molecule has 9 heteroatoms. The normalized spacial score (nSPS) is 13.1. The Morgan fingerprint density at radius 2 is 1.79 bits per heavy atom. The van der Waals surface area contributed by atoms with Crippen molar-refractivity contribution in [2.24, 2.45) is 0 Å². The van der Waals surface area contributed by atoms with Gasteiger partial charge in [-0.25, -0.2) is 9.78 Å². The van der Waals surface area contributed by atoms with Gasteiger partial charge in [0.05, 0.1) is 11.1 Å². The summed E-state index contributed by atoms with van der Waals surface area (Å²) in [5.41, 5.74) is 0.499. The quantitative estimate of drug-likeness (QED) is 0.793. The van der Waals surface area contributed by atoms with Crippen molar-refractivity contribution < 1.29 is 24.3 Å². The number of thiazole rings is 1. The largest absolute Gasteiger partial charge is 0.476 e. The lowest BCUT2D eigenvalue weighted by atomic mass is 10.1. The zero-order valence-corrected chi connectivity index (χ0v) is 13.0. The molecule has 0 saturated heterocycles. The van der Waals surface area contributed by atoms with E-state index in [9.17, 15) is 19.2 Å². The number of imide groups is 1. The zero-order valence-electron chi connectivity index (χ0n) is 12.2. The van der Waals surface area contributed by atoms with Gasteiger partial charge in [-0.3, -0.25) is 19.3 Å². The van der Waals surface area contributed by atoms with Gasteiger partial charge in [-0.2, -0.15) is 0 Å². The molecular weight excluding hydrogens is 334 g/mol. The van der Waals surface area contributed by atoms with E-state index in [1.807, 2.05) is 0 Å². The number of carbonyl (C=O) groups excluding carboxylic acids is 3. The number of hydrogen-bond donors (Lipinski definition) is 2. The Morgan fingerprint density at radius 3 is 2.33 bits per heavy atom. The maximum Gasteiger partial charge on any atom is 0.355 e. The first-order valence-corrected chi connectivity index (χ1v) is 7.79. The van der Waals surface area contributed by atoms with Crippen LogP contribution in [0.25, 0.3) is 0 Å². The Kier molecular flexibility index (Phi) is 4.09. The van der Waals surface area contributed by atoms with E-state index in [0.29, 0.717) is 11.1 Å². The van der Waals surface area contributed by atoms with E-state index < -0.39 is 23.7 Å². The van der Waals surface area contributed by atoms with E-state index in [4.69, 9.17) is 5.11 Å². The minimum atomic E-state index is -1.18. The van der Waals surface area contributed by atoms with Gasteiger partial charge in [0, 0.05) is 18.3 Å². The van der Waals surface area contributed by atoms with Crippen LogP contribution in [-0.2, 0) is 4.79 Å². The van der Waals surface area contributed by atoms with Crippen LogP contribution in [0.15, 0.2) is 29.6 Å². The second-order valence-electron chi connectivity index (χ2n) is 4.95. The fourth-order valence-electron chi connectivity index (χ4n) is 2.27. The number of carbonyl (C=O) groups is 4. The number of nitrogens with zero attached hydrogens (tertiary/aromatic N) is 2. The number of nitrogens with one attached hydrogen (secondary N) is 1. The summed E-state index contributed by atoms with van der Waals surface area (Å²) in [4.78, 5) is 51.7. The highest BCUT2D eigenvalue weighted by Crippen LogP contribution is 2.22. The van der Waals surface area contributed by atoms with Gasteiger partial charge in [0.1, 0.15) is 0 Å². The number of aromatic carboxylic acids is 1. The van der Waals surface area contributed by atoms with Gasteiger partial charge in [0.25, 0.3) is 11.8 Å². The Hall–Kier alpha value is -3.07. The number of carboxylic acid groups (broad SMARTS) is 1. The summed E-state index contributed by atoms with van der Waals surface area (Å²) in [6, 6.07) is 6.47. The van der Waals surface area contributed by atoms with E-state index in [-0.39, 0.29) is 23.8 Å². The fraction of sp³-hybridized carbons (Fsp3) is 0.133. The summed E-state index contributed by atoms with van der Waals surface area (Å²) in [5, 5.41) is 12.7. The summed E-state index contributed by atoms with van der Waals surface area (Å²) in [6.45, 7) is -0.0602. The van der Waals surface area contributed by atoms with Crippen LogP contribution < -0.4 is 5.32 Å². The van der Waals surface area contributed by atoms with Gasteiger partial charge in [0.2, 0.25) is 5.91 Å². The highest BCUT2D eigenvalue weighted by Gasteiger charge is 2.34. The molecule has 0 saturated carbocycles. The third kappa shape index (κ3) is 2.88. The topological polar surface area (TPSA) is 117 Å². The first-order valence-electron chi connectivity index (χ1n) is 6.91. The Balaban J connectivity index is 1.60. The first-order chi connectivity index (χ1) is 11.5. The van der Waals surface area contributed by atoms with Crippen LogP contribution in [0.5, 0.6) is 0 Å². The number of benzene rings is 1. The van der Waals surface area contributed by atoms with E-state index in [0.717, 1.165) is 16.2 Å². The lowest BCUT2D eigenvalue weighted by Crippen LogP contribution is -2.32. The maximum absolute atomic E-state index is 12.2. The zero-order chi connectivity index (χ0) is 17.3. The van der Waals surface area contributed by atoms with Crippen molar-refractivity contribution in [1.82, 2.24) is 9.88 Å². The summed E-state index contributed by atoms with van der Waals surface area (Å²) in [6.07, 6.45) is -0.104. The highest BCUT2D eigenvalue weighted by molar-refractivity contribution is 7.14. The molecule has 0 aliphatic carbocycles. The molecule has 1 aliphatic rings. The molecule has 0 unspecified atom stereocenters. The molecular formula is C15H11N3O5S. The van der Waals surface area contributed by atoms with Gasteiger partial charge in [-0.1, -0.05) is 12.1 Å². The van der Waals surface area contributed by atoms with Crippen molar-refractivity contribution in [1.29, 1.82) is 0 Å². The molecule has 3 amide bonds. The Labute approximate surface area is 139 Å². The monoisotopic (exact) mass is 345 g/mol. The highest BCUT2D eigenvalue weighted by atomic mass is 32.1. The Morgan fingerprint density at radius 1 is 1.17 bits per heavy atom. The minimum Gasteiger partial charge on any atom is -0.476 e. The number of hydrogen-bond acceptors (Lipinski definition) is 6. The van der Waals surface area contributed by atoms with Crippen LogP contribution in [-0.4, -0.2) is 45.2 Å². The fourth-order valence-corrected chi connectivity index (χ4v) is 2.97. The summed E-state index contributed by atoms with van der Waals surface area (Å²) >= 11 is 0.984. The Bertz CT molecular complexity index is 825. The summed E-state index contributed by atoms with van der Waals surface area (Å²) in [7, 11) is 0. The predicted molar refractivity (Wildman–Crippen MR) is 84.1 cm³/mol.